The summed E-state index contributed by atoms with van der Waals surface area (Å²) in [6.45, 7) is 0.684. The molecule has 0 saturated carbocycles. The predicted molar refractivity (Wildman–Crippen MR) is 119 cm³/mol. The van der Waals surface area contributed by atoms with E-state index in [0.717, 1.165) is 22.2 Å². The van der Waals surface area contributed by atoms with Crippen LogP contribution in [0.4, 0.5) is 0 Å². The Labute approximate surface area is 185 Å². The molecule has 164 valence electrons. The summed E-state index contributed by atoms with van der Waals surface area (Å²) in [5.41, 5.74) is 3.53. The van der Waals surface area contributed by atoms with Crippen molar-refractivity contribution in [2.75, 3.05) is 20.2 Å². The molecule has 0 bridgehead atoms. The van der Waals surface area contributed by atoms with Gasteiger partial charge in [-0.15, -0.1) is 6.42 Å². The lowest BCUT2D eigenvalue weighted by atomic mass is 10.0. The lowest BCUT2D eigenvalue weighted by molar-refractivity contribution is 0.0600. The Bertz CT molecular complexity index is 1370. The molecule has 2 aromatic carbocycles. The molecule has 3 aromatic rings. The van der Waals surface area contributed by atoms with Gasteiger partial charge in [-0.25, -0.2) is 13.2 Å². The first kappa shape index (κ1) is 21.6. The third kappa shape index (κ3) is 3.98. The first-order valence-corrected chi connectivity index (χ1v) is 11.4. The van der Waals surface area contributed by atoms with Gasteiger partial charge in [0.25, 0.3) is 5.91 Å². The van der Waals surface area contributed by atoms with Crippen molar-refractivity contribution >= 4 is 32.8 Å². The number of methoxy groups -OCH3 is 1. The van der Waals surface area contributed by atoms with Gasteiger partial charge in [0.1, 0.15) is 0 Å². The van der Waals surface area contributed by atoms with Crippen molar-refractivity contribution < 1.29 is 22.7 Å². The fraction of sp³-hybridized carbons (Fsp3) is 0.217. The van der Waals surface area contributed by atoms with Crippen LogP contribution in [0.1, 0.15) is 32.0 Å². The summed E-state index contributed by atoms with van der Waals surface area (Å²) < 4.78 is 31.8. The second kappa shape index (κ2) is 8.49. The Balaban J connectivity index is 1.62. The molecule has 32 heavy (non-hydrogen) atoms. The van der Waals surface area contributed by atoms with E-state index in [1.807, 2.05) is 6.07 Å². The van der Waals surface area contributed by atoms with Crippen LogP contribution in [0.25, 0.3) is 10.9 Å². The average molecular weight is 452 g/mol. The molecule has 1 amide bonds. The predicted octanol–water partition coefficient (Wildman–Crippen LogP) is 2.06. The molecule has 0 unspecified atom stereocenters. The summed E-state index contributed by atoms with van der Waals surface area (Å²) in [6.07, 6.45) is 5.74. The van der Waals surface area contributed by atoms with Gasteiger partial charge in [-0.2, -0.15) is 4.72 Å². The molecule has 0 spiro atoms. The van der Waals surface area contributed by atoms with Gasteiger partial charge in [0.2, 0.25) is 10.0 Å². The van der Waals surface area contributed by atoms with Crippen LogP contribution >= 0.6 is 0 Å². The molecule has 1 aromatic heterocycles. The molecule has 0 radical (unpaired) electrons. The van der Waals surface area contributed by atoms with E-state index in [1.54, 1.807) is 23.1 Å². The van der Waals surface area contributed by atoms with Crippen LogP contribution in [-0.2, 0) is 27.7 Å². The van der Waals surface area contributed by atoms with E-state index in [-0.39, 0.29) is 22.9 Å². The molecule has 8 nitrogen and oxygen atoms in total. The molecule has 2 heterocycles. The zero-order valence-corrected chi connectivity index (χ0v) is 18.2. The topological polar surface area (TPSA) is 109 Å². The number of ether oxygens (including phenoxy) is 1. The number of aromatic nitrogens is 1. The molecule has 1 aliphatic rings. The van der Waals surface area contributed by atoms with E-state index >= 15 is 0 Å². The Morgan fingerprint density at radius 1 is 1.22 bits per heavy atom. The van der Waals surface area contributed by atoms with E-state index in [9.17, 15) is 18.0 Å². The van der Waals surface area contributed by atoms with Gasteiger partial charge in [0, 0.05) is 47.2 Å². The van der Waals surface area contributed by atoms with Crippen LogP contribution in [0.2, 0.25) is 0 Å². The SMILES string of the molecule is C#CCNS(=O)(=O)c1cccc(C(=O)N2CCc3[nH]c4ccc(C(=O)OC)cc4c3C2)c1. The van der Waals surface area contributed by atoms with Gasteiger partial charge in [-0.1, -0.05) is 12.0 Å². The maximum atomic E-state index is 13.2. The second-order valence-electron chi connectivity index (χ2n) is 7.37. The third-order valence-electron chi connectivity index (χ3n) is 5.44. The minimum atomic E-state index is -3.81. The van der Waals surface area contributed by atoms with Crippen LogP contribution in [0.5, 0.6) is 0 Å². The van der Waals surface area contributed by atoms with Crippen LogP contribution in [0, 0.1) is 12.3 Å². The monoisotopic (exact) mass is 451 g/mol. The van der Waals surface area contributed by atoms with E-state index in [1.165, 1.54) is 25.3 Å². The number of carbonyl (C=O) groups excluding carboxylic acids is 2. The van der Waals surface area contributed by atoms with Gasteiger partial charge in [-0.3, -0.25) is 4.79 Å². The molecular formula is C23H21N3O5S. The van der Waals surface area contributed by atoms with Crippen molar-refractivity contribution in [1.82, 2.24) is 14.6 Å². The molecule has 0 aliphatic carbocycles. The molecular weight excluding hydrogens is 430 g/mol. The number of nitrogens with zero attached hydrogens (tertiary/aromatic N) is 1. The van der Waals surface area contributed by atoms with Crippen molar-refractivity contribution in [1.29, 1.82) is 0 Å². The van der Waals surface area contributed by atoms with Crippen LogP contribution in [0.3, 0.4) is 0 Å². The molecule has 1 aliphatic heterocycles. The Morgan fingerprint density at radius 3 is 2.78 bits per heavy atom. The van der Waals surface area contributed by atoms with Gasteiger partial charge in [0.05, 0.1) is 24.1 Å². The van der Waals surface area contributed by atoms with Crippen molar-refractivity contribution in [2.45, 2.75) is 17.9 Å². The lowest BCUT2D eigenvalue weighted by Gasteiger charge is -2.27. The highest BCUT2D eigenvalue weighted by atomic mass is 32.2. The Morgan fingerprint density at radius 2 is 2.03 bits per heavy atom. The first-order valence-electron chi connectivity index (χ1n) is 9.88. The van der Waals surface area contributed by atoms with Gasteiger partial charge >= 0.3 is 5.97 Å². The van der Waals surface area contributed by atoms with Crippen LogP contribution in [0.15, 0.2) is 47.4 Å². The minimum Gasteiger partial charge on any atom is -0.465 e. The zero-order valence-electron chi connectivity index (χ0n) is 17.3. The van der Waals surface area contributed by atoms with Gasteiger partial charge in [-0.05, 0) is 36.4 Å². The Hall–Kier alpha value is -3.61. The number of terminal acetylenes is 1. The summed E-state index contributed by atoms with van der Waals surface area (Å²) in [5.74, 6) is 1.52. The molecule has 0 atom stereocenters. The standard InChI is InChI=1S/C23H21N3O5S/c1-3-10-24-32(29,30)17-6-4-5-15(12-17)22(27)26-11-9-21-19(14-26)18-13-16(23(28)31-2)7-8-20(18)25-21/h1,4-8,12-13,24-25H,9-11,14H2,2H3. The van der Waals surface area contributed by atoms with Crippen molar-refractivity contribution in [3.05, 3.63) is 64.8 Å². The zero-order chi connectivity index (χ0) is 22.9. The van der Waals surface area contributed by atoms with Crippen molar-refractivity contribution in [2.24, 2.45) is 0 Å². The molecule has 0 saturated heterocycles. The summed E-state index contributed by atoms with van der Waals surface area (Å²) in [4.78, 5) is 30.1. The number of fused-ring (bicyclic) bond motifs is 3. The van der Waals surface area contributed by atoms with Crippen LogP contribution in [-0.4, -0.2) is 50.4 Å². The first-order chi connectivity index (χ1) is 15.3. The number of hydrogen-bond donors (Lipinski definition) is 2. The maximum Gasteiger partial charge on any atom is 0.337 e. The number of hydrogen-bond acceptors (Lipinski definition) is 5. The van der Waals surface area contributed by atoms with E-state index in [2.05, 4.69) is 15.6 Å². The van der Waals surface area contributed by atoms with Crippen LogP contribution < -0.4 is 4.72 Å². The minimum absolute atomic E-state index is 0.0221. The number of rotatable bonds is 5. The quantitative estimate of drug-likeness (QED) is 0.456. The largest absolute Gasteiger partial charge is 0.465 e. The van der Waals surface area contributed by atoms with Crippen molar-refractivity contribution in [3.63, 3.8) is 0 Å². The molecule has 0 fully saturated rings. The highest BCUT2D eigenvalue weighted by Crippen LogP contribution is 2.29. The number of nitrogens with one attached hydrogen (secondary N) is 2. The number of benzene rings is 2. The van der Waals surface area contributed by atoms with Gasteiger partial charge < -0.3 is 14.6 Å². The molecule has 2 N–H and O–H groups in total. The smallest absolute Gasteiger partial charge is 0.337 e. The normalized spacial score (nSPS) is 13.4. The summed E-state index contributed by atoms with van der Waals surface area (Å²) in [7, 11) is -2.48. The summed E-state index contributed by atoms with van der Waals surface area (Å²) in [6, 6.07) is 11.2. The number of amides is 1. The number of esters is 1. The summed E-state index contributed by atoms with van der Waals surface area (Å²) in [5, 5.41) is 0.857. The second-order valence-corrected chi connectivity index (χ2v) is 9.13. The number of aromatic amines is 1. The molecule has 9 heteroatoms. The third-order valence-corrected chi connectivity index (χ3v) is 6.84. The highest BCUT2D eigenvalue weighted by Gasteiger charge is 2.26. The van der Waals surface area contributed by atoms with E-state index in [4.69, 9.17) is 11.2 Å². The number of sulfonamides is 1. The Kier molecular flexibility index (Phi) is 5.74. The maximum absolute atomic E-state index is 13.2. The highest BCUT2D eigenvalue weighted by molar-refractivity contribution is 7.89. The summed E-state index contributed by atoms with van der Waals surface area (Å²) >= 11 is 0. The number of H-pyrrole nitrogens is 1. The molecule has 4 rings (SSSR count). The van der Waals surface area contributed by atoms with E-state index < -0.39 is 16.0 Å². The van der Waals surface area contributed by atoms with Gasteiger partial charge in [0.15, 0.2) is 0 Å². The fourth-order valence-electron chi connectivity index (χ4n) is 3.83. The average Bonchev–Trinajstić information content (AvgIpc) is 3.19. The van der Waals surface area contributed by atoms with E-state index in [0.29, 0.717) is 25.1 Å². The lowest BCUT2D eigenvalue weighted by Crippen LogP contribution is -2.36. The van der Waals surface area contributed by atoms with Crippen molar-refractivity contribution in [3.8, 4) is 12.3 Å². The fourth-order valence-corrected chi connectivity index (χ4v) is 4.81. The number of carbonyl (C=O) groups is 2.